The molecule has 2 aromatic rings. The number of Topliss-reactive ketones (excluding diaryl/α,β-unsaturated/α-hetero) is 1. The molecule has 1 amide bonds. The highest BCUT2D eigenvalue weighted by molar-refractivity contribution is 8.14. The van der Waals surface area contributed by atoms with Crippen LogP contribution in [0, 0.1) is 13.8 Å². The van der Waals surface area contributed by atoms with Crippen molar-refractivity contribution in [1.82, 2.24) is 10.3 Å². The van der Waals surface area contributed by atoms with E-state index in [1.807, 2.05) is 45.2 Å². The normalized spacial score (nSPS) is 17.3. The van der Waals surface area contributed by atoms with E-state index in [4.69, 9.17) is 4.74 Å². The van der Waals surface area contributed by atoms with Gasteiger partial charge in [-0.1, -0.05) is 17.8 Å². The van der Waals surface area contributed by atoms with Crippen LogP contribution in [0.3, 0.4) is 0 Å². The molecule has 160 valence electrons. The highest BCUT2D eigenvalue weighted by atomic mass is 32.2. The lowest BCUT2D eigenvalue weighted by atomic mass is 10.1. The Bertz CT molecular complexity index is 1060. The fraction of sp³-hybridized carbons (Fsp3) is 0.261. The van der Waals surface area contributed by atoms with E-state index < -0.39 is 6.17 Å². The molecule has 31 heavy (non-hydrogen) atoms. The van der Waals surface area contributed by atoms with E-state index in [9.17, 15) is 9.59 Å². The molecule has 2 aliphatic rings. The van der Waals surface area contributed by atoms with Crippen molar-refractivity contribution in [3.05, 3.63) is 71.6 Å². The van der Waals surface area contributed by atoms with Crippen LogP contribution in [-0.4, -0.2) is 40.3 Å². The van der Waals surface area contributed by atoms with E-state index in [2.05, 4.69) is 10.5 Å². The molecule has 0 spiro atoms. The van der Waals surface area contributed by atoms with Crippen molar-refractivity contribution < 1.29 is 14.3 Å². The van der Waals surface area contributed by atoms with Gasteiger partial charge in [0, 0.05) is 23.7 Å². The molecular formula is C23H24N4O3S. The molecule has 0 aromatic heterocycles. The molecule has 2 aromatic carbocycles. The summed E-state index contributed by atoms with van der Waals surface area (Å²) in [6.45, 7) is 6.57. The Morgan fingerprint density at radius 2 is 1.90 bits per heavy atom. The number of hydrogen-bond donors (Lipinski definition) is 1. The van der Waals surface area contributed by atoms with E-state index in [1.165, 1.54) is 17.3 Å². The predicted octanol–water partition coefficient (Wildman–Crippen LogP) is 3.64. The lowest BCUT2D eigenvalue weighted by Crippen LogP contribution is -2.52. The summed E-state index contributed by atoms with van der Waals surface area (Å²) in [5, 5.41) is 4.87. The highest BCUT2D eigenvalue weighted by Crippen LogP contribution is 2.27. The summed E-state index contributed by atoms with van der Waals surface area (Å²) in [6.07, 6.45) is 2.93. The number of thioether (sulfide) groups is 1. The maximum atomic E-state index is 13.0. The Morgan fingerprint density at radius 3 is 2.61 bits per heavy atom. The van der Waals surface area contributed by atoms with Gasteiger partial charge in [0.2, 0.25) is 6.17 Å². The Kier molecular flexibility index (Phi) is 5.99. The number of ketones is 1. The number of rotatable bonds is 6. The number of benzene rings is 2. The summed E-state index contributed by atoms with van der Waals surface area (Å²) in [5.74, 6) is 0.830. The number of nitrogens with one attached hydrogen (secondary N) is 1. The largest absolute Gasteiger partial charge is 0.494 e. The van der Waals surface area contributed by atoms with Crippen molar-refractivity contribution in [3.8, 4) is 5.75 Å². The summed E-state index contributed by atoms with van der Waals surface area (Å²) in [5.41, 5.74) is 6.63. The van der Waals surface area contributed by atoms with Gasteiger partial charge in [-0.05, 0) is 68.3 Å². The SMILES string of the molecule is CCOc1ccc(C(=O)CSC2=NNC3C(=O)N(c4ccc(C)c(C)c4)C=CN23)cc1. The first-order valence-corrected chi connectivity index (χ1v) is 11.1. The molecule has 2 aliphatic heterocycles. The number of hydrazone groups is 1. The van der Waals surface area contributed by atoms with Gasteiger partial charge < -0.3 is 4.74 Å². The van der Waals surface area contributed by atoms with Crippen LogP contribution in [0.25, 0.3) is 0 Å². The standard InChI is InChI=1S/C23H24N4O3S/c1-4-30-19-9-6-17(7-10-19)20(28)14-31-23-25-24-21-22(29)26(11-12-27(21)23)18-8-5-15(2)16(3)13-18/h5-13,21,24H,4,14H2,1-3H3. The minimum Gasteiger partial charge on any atom is -0.494 e. The van der Waals surface area contributed by atoms with E-state index in [0.717, 1.165) is 17.0 Å². The van der Waals surface area contributed by atoms with Gasteiger partial charge in [-0.15, -0.1) is 0 Å². The van der Waals surface area contributed by atoms with Crippen molar-refractivity contribution in [3.63, 3.8) is 0 Å². The maximum absolute atomic E-state index is 13.0. The zero-order valence-corrected chi connectivity index (χ0v) is 18.5. The first-order valence-electron chi connectivity index (χ1n) is 10.1. The molecule has 1 N–H and O–H groups in total. The minimum atomic E-state index is -0.616. The summed E-state index contributed by atoms with van der Waals surface area (Å²) < 4.78 is 5.41. The molecule has 0 aliphatic carbocycles. The molecule has 7 nitrogen and oxygen atoms in total. The van der Waals surface area contributed by atoms with Crippen LogP contribution in [0.15, 0.2) is 60.0 Å². The van der Waals surface area contributed by atoms with Gasteiger partial charge in [-0.2, -0.15) is 5.10 Å². The average Bonchev–Trinajstić information content (AvgIpc) is 3.19. The number of aryl methyl sites for hydroxylation is 2. The van der Waals surface area contributed by atoms with Gasteiger partial charge in [-0.25, -0.2) is 0 Å². The second-order valence-electron chi connectivity index (χ2n) is 7.28. The van der Waals surface area contributed by atoms with Gasteiger partial charge in [-0.3, -0.25) is 24.8 Å². The van der Waals surface area contributed by atoms with Crippen molar-refractivity contribution in [2.75, 3.05) is 17.3 Å². The van der Waals surface area contributed by atoms with Crippen molar-refractivity contribution >= 4 is 34.3 Å². The third-order valence-corrected chi connectivity index (χ3v) is 6.18. The first-order chi connectivity index (χ1) is 15.0. The molecule has 2 heterocycles. The minimum absolute atomic E-state index is 0.0109. The van der Waals surface area contributed by atoms with Crippen LogP contribution in [0.1, 0.15) is 28.4 Å². The van der Waals surface area contributed by atoms with Gasteiger partial charge >= 0.3 is 0 Å². The Labute approximate surface area is 185 Å². The molecule has 1 atom stereocenters. The number of anilines is 1. The molecule has 0 bridgehead atoms. The van der Waals surface area contributed by atoms with Crippen LogP contribution in [0.5, 0.6) is 5.75 Å². The van der Waals surface area contributed by atoms with Crippen LogP contribution in [0.2, 0.25) is 0 Å². The van der Waals surface area contributed by atoms with Crippen LogP contribution >= 0.6 is 11.8 Å². The molecule has 0 radical (unpaired) electrons. The lowest BCUT2D eigenvalue weighted by molar-refractivity contribution is -0.122. The van der Waals surface area contributed by atoms with Crippen molar-refractivity contribution in [1.29, 1.82) is 0 Å². The summed E-state index contributed by atoms with van der Waals surface area (Å²) in [4.78, 5) is 28.9. The molecular weight excluding hydrogens is 412 g/mol. The number of amides is 1. The van der Waals surface area contributed by atoms with E-state index in [-0.39, 0.29) is 17.4 Å². The number of hydrogen-bond acceptors (Lipinski definition) is 7. The fourth-order valence-corrected chi connectivity index (χ4v) is 4.19. The number of fused-ring (bicyclic) bond motifs is 1. The molecule has 0 saturated heterocycles. The smallest absolute Gasteiger partial charge is 0.276 e. The Balaban J connectivity index is 1.40. The van der Waals surface area contributed by atoms with Crippen molar-refractivity contribution in [2.45, 2.75) is 26.9 Å². The summed E-state index contributed by atoms with van der Waals surface area (Å²) in [6, 6.07) is 13.0. The summed E-state index contributed by atoms with van der Waals surface area (Å²) in [7, 11) is 0. The molecule has 4 rings (SSSR count). The number of amidine groups is 1. The monoisotopic (exact) mass is 436 g/mol. The zero-order valence-electron chi connectivity index (χ0n) is 17.7. The van der Waals surface area contributed by atoms with E-state index >= 15 is 0 Å². The van der Waals surface area contributed by atoms with Gasteiger partial charge in [0.05, 0.1) is 12.4 Å². The number of carbonyl (C=O) groups excluding carboxylic acids is 2. The predicted molar refractivity (Wildman–Crippen MR) is 123 cm³/mol. The van der Waals surface area contributed by atoms with E-state index in [0.29, 0.717) is 17.3 Å². The molecule has 1 unspecified atom stereocenters. The average molecular weight is 437 g/mol. The number of carbonyl (C=O) groups is 2. The zero-order chi connectivity index (χ0) is 22.0. The first kappa shape index (κ1) is 21.0. The third kappa shape index (κ3) is 4.29. The van der Waals surface area contributed by atoms with E-state index in [1.54, 1.807) is 40.3 Å². The van der Waals surface area contributed by atoms with Gasteiger partial charge in [0.15, 0.2) is 11.0 Å². The lowest BCUT2D eigenvalue weighted by Gasteiger charge is -2.32. The van der Waals surface area contributed by atoms with Crippen LogP contribution in [-0.2, 0) is 4.79 Å². The number of ether oxygens (including phenoxy) is 1. The fourth-order valence-electron chi connectivity index (χ4n) is 3.33. The van der Waals surface area contributed by atoms with Crippen molar-refractivity contribution in [2.24, 2.45) is 5.10 Å². The third-order valence-electron chi connectivity index (χ3n) is 5.22. The maximum Gasteiger partial charge on any atom is 0.276 e. The van der Waals surface area contributed by atoms with Gasteiger partial charge in [0.25, 0.3) is 5.91 Å². The quantitative estimate of drug-likeness (QED) is 0.697. The second kappa shape index (κ2) is 8.85. The molecule has 0 saturated carbocycles. The second-order valence-corrected chi connectivity index (χ2v) is 8.22. The number of nitrogens with zero attached hydrogens (tertiary/aromatic N) is 3. The summed E-state index contributed by atoms with van der Waals surface area (Å²) >= 11 is 1.30. The van der Waals surface area contributed by atoms with Crippen LogP contribution < -0.4 is 15.1 Å². The van der Waals surface area contributed by atoms with Gasteiger partial charge in [0.1, 0.15) is 5.75 Å². The topological polar surface area (TPSA) is 74.2 Å². The highest BCUT2D eigenvalue weighted by Gasteiger charge is 2.38. The Hall–Kier alpha value is -3.26. The molecule has 8 heteroatoms. The van der Waals surface area contributed by atoms with Crippen LogP contribution in [0.4, 0.5) is 5.69 Å². The Morgan fingerprint density at radius 1 is 1.13 bits per heavy atom. The molecule has 0 fully saturated rings.